The summed E-state index contributed by atoms with van der Waals surface area (Å²) in [5.74, 6) is -0.772. The molecule has 0 aromatic heterocycles. The molecule has 1 fully saturated rings. The average molecular weight is 467 g/mol. The molecule has 1 heterocycles. The minimum absolute atomic E-state index is 0.108. The highest BCUT2D eigenvalue weighted by atomic mass is 16.5. The number of hydrogen-bond donors (Lipinski definition) is 1. The lowest BCUT2D eigenvalue weighted by Crippen LogP contribution is -2.55. The first-order valence-corrected chi connectivity index (χ1v) is 12.3. The molecule has 3 rings (SSSR count). The molecule has 0 radical (unpaired) electrons. The van der Waals surface area contributed by atoms with Crippen molar-refractivity contribution in [3.8, 4) is 0 Å². The van der Waals surface area contributed by atoms with Crippen LogP contribution in [-0.2, 0) is 20.9 Å². The standard InChI is InChI=1S/C27H38N4O3/c1-20-16-17-34-19-21(2)24(30(4)28-3)25(26(32)29-23-14-10-5-6-11-15-23)31(27(20)33)18-22-12-8-7-9-13-22/h7-9,12-13,16-17,20,23,25H,3,5-6,10-11,14-15,18-19H2,1-2,4H3,(H,29,32)/b17-16-,24-21+. The molecule has 7 nitrogen and oxygen atoms in total. The van der Waals surface area contributed by atoms with Crippen LogP contribution in [0.25, 0.3) is 0 Å². The van der Waals surface area contributed by atoms with E-state index in [-0.39, 0.29) is 17.9 Å². The first-order chi connectivity index (χ1) is 16.4. The Morgan fingerprint density at radius 3 is 2.53 bits per heavy atom. The number of rotatable bonds is 6. The molecule has 34 heavy (non-hydrogen) atoms. The van der Waals surface area contributed by atoms with Crippen molar-refractivity contribution in [1.29, 1.82) is 0 Å². The highest BCUT2D eigenvalue weighted by Crippen LogP contribution is 2.26. The number of carbonyl (C=O) groups is 2. The van der Waals surface area contributed by atoms with Gasteiger partial charge in [-0.25, -0.2) is 0 Å². The molecule has 2 unspecified atom stereocenters. The monoisotopic (exact) mass is 466 g/mol. The van der Waals surface area contributed by atoms with Gasteiger partial charge in [-0.05, 0) is 43.9 Å². The SMILES string of the molecule is C=NN(C)/C1=C(\C)CO/C=C\C(C)C(=O)N(Cc2ccccc2)C1C(=O)NC1CCCCCC1. The van der Waals surface area contributed by atoms with Crippen molar-refractivity contribution in [2.45, 2.75) is 71.0 Å². The summed E-state index contributed by atoms with van der Waals surface area (Å²) in [6.07, 6.45) is 9.83. The molecule has 7 heteroatoms. The number of benzene rings is 1. The molecule has 0 bridgehead atoms. The fourth-order valence-electron chi connectivity index (χ4n) is 4.72. The summed E-state index contributed by atoms with van der Waals surface area (Å²) in [7, 11) is 1.76. The Labute approximate surface area is 203 Å². The van der Waals surface area contributed by atoms with Crippen LogP contribution in [0.2, 0.25) is 0 Å². The summed E-state index contributed by atoms with van der Waals surface area (Å²) in [6.45, 7) is 8.02. The van der Waals surface area contributed by atoms with Crippen LogP contribution in [0.3, 0.4) is 0 Å². The van der Waals surface area contributed by atoms with Crippen LogP contribution in [0.4, 0.5) is 0 Å². The molecule has 2 aliphatic rings. The minimum atomic E-state index is -0.857. The largest absolute Gasteiger partial charge is 0.497 e. The van der Waals surface area contributed by atoms with Crippen molar-refractivity contribution in [1.82, 2.24) is 15.2 Å². The summed E-state index contributed by atoms with van der Waals surface area (Å²) in [5, 5.41) is 8.98. The number of ether oxygens (including phenoxy) is 1. The number of carbonyl (C=O) groups excluding carboxylic acids is 2. The van der Waals surface area contributed by atoms with Crippen molar-refractivity contribution in [2.24, 2.45) is 11.0 Å². The van der Waals surface area contributed by atoms with E-state index in [1.807, 2.05) is 44.2 Å². The quantitative estimate of drug-likeness (QED) is 0.387. The molecule has 1 aliphatic carbocycles. The Balaban J connectivity index is 2.08. The van der Waals surface area contributed by atoms with Gasteiger partial charge in [0.1, 0.15) is 6.61 Å². The Morgan fingerprint density at radius 2 is 1.88 bits per heavy atom. The van der Waals surface area contributed by atoms with E-state index < -0.39 is 12.0 Å². The maximum absolute atomic E-state index is 14.0. The van der Waals surface area contributed by atoms with Crippen molar-refractivity contribution in [3.05, 3.63) is 59.5 Å². The van der Waals surface area contributed by atoms with E-state index >= 15 is 0 Å². The molecule has 1 aromatic rings. The minimum Gasteiger partial charge on any atom is -0.497 e. The van der Waals surface area contributed by atoms with Crippen LogP contribution in [0.5, 0.6) is 0 Å². The van der Waals surface area contributed by atoms with E-state index in [1.165, 1.54) is 12.8 Å². The normalized spacial score (nSPS) is 25.6. The van der Waals surface area contributed by atoms with Gasteiger partial charge in [-0.3, -0.25) is 14.6 Å². The van der Waals surface area contributed by atoms with Crippen molar-refractivity contribution >= 4 is 18.5 Å². The fourth-order valence-corrected chi connectivity index (χ4v) is 4.72. The lowest BCUT2D eigenvalue weighted by Gasteiger charge is -2.38. The number of hydrogen-bond acceptors (Lipinski definition) is 5. The third kappa shape index (κ3) is 6.49. The van der Waals surface area contributed by atoms with Crippen LogP contribution >= 0.6 is 0 Å². The van der Waals surface area contributed by atoms with Gasteiger partial charge in [0.2, 0.25) is 11.8 Å². The maximum atomic E-state index is 14.0. The van der Waals surface area contributed by atoms with E-state index in [0.717, 1.165) is 36.8 Å². The van der Waals surface area contributed by atoms with Gasteiger partial charge in [0.25, 0.3) is 0 Å². The van der Waals surface area contributed by atoms with E-state index in [0.29, 0.717) is 18.8 Å². The van der Waals surface area contributed by atoms with Gasteiger partial charge in [0.15, 0.2) is 6.04 Å². The second-order valence-electron chi connectivity index (χ2n) is 9.31. The summed E-state index contributed by atoms with van der Waals surface area (Å²) in [5.41, 5.74) is 2.40. The Kier molecular flexibility index (Phi) is 9.31. The third-order valence-electron chi connectivity index (χ3n) is 6.65. The molecule has 1 aromatic carbocycles. The summed E-state index contributed by atoms with van der Waals surface area (Å²) in [4.78, 5) is 29.4. The topological polar surface area (TPSA) is 74.2 Å². The zero-order chi connectivity index (χ0) is 24.5. The fraction of sp³-hybridized carbons (Fsp3) is 0.519. The van der Waals surface area contributed by atoms with Crippen molar-refractivity contribution in [3.63, 3.8) is 0 Å². The van der Waals surface area contributed by atoms with E-state index in [4.69, 9.17) is 4.74 Å². The predicted octanol–water partition coefficient (Wildman–Crippen LogP) is 4.22. The van der Waals surface area contributed by atoms with Gasteiger partial charge in [-0.15, -0.1) is 0 Å². The molecule has 0 spiro atoms. The van der Waals surface area contributed by atoms with Crippen LogP contribution in [0.1, 0.15) is 57.9 Å². The summed E-state index contributed by atoms with van der Waals surface area (Å²) < 4.78 is 5.68. The van der Waals surface area contributed by atoms with Crippen molar-refractivity contribution in [2.75, 3.05) is 13.7 Å². The van der Waals surface area contributed by atoms with Gasteiger partial charge in [-0.1, -0.05) is 56.0 Å². The lowest BCUT2D eigenvalue weighted by molar-refractivity contribution is -0.142. The predicted molar refractivity (Wildman–Crippen MR) is 135 cm³/mol. The highest BCUT2D eigenvalue weighted by Gasteiger charge is 2.38. The third-order valence-corrected chi connectivity index (χ3v) is 6.65. The molecule has 2 amide bonds. The first-order valence-electron chi connectivity index (χ1n) is 12.3. The number of nitrogens with one attached hydrogen (secondary N) is 1. The highest BCUT2D eigenvalue weighted by molar-refractivity contribution is 5.91. The average Bonchev–Trinajstić information content (AvgIpc) is 3.11. The van der Waals surface area contributed by atoms with Gasteiger partial charge < -0.3 is 15.0 Å². The van der Waals surface area contributed by atoms with Gasteiger partial charge in [-0.2, -0.15) is 5.10 Å². The van der Waals surface area contributed by atoms with Gasteiger partial charge >= 0.3 is 0 Å². The Hall–Kier alpha value is -3.09. The Bertz CT molecular complexity index is 904. The molecule has 0 saturated heterocycles. The van der Waals surface area contributed by atoms with E-state index in [9.17, 15) is 9.59 Å². The summed E-state index contributed by atoms with van der Waals surface area (Å²) >= 11 is 0. The number of nitrogens with zero attached hydrogens (tertiary/aromatic N) is 3. The van der Waals surface area contributed by atoms with Gasteiger partial charge in [0.05, 0.1) is 17.9 Å². The van der Waals surface area contributed by atoms with E-state index in [2.05, 4.69) is 17.1 Å². The number of hydrazone groups is 1. The second kappa shape index (κ2) is 12.4. The zero-order valence-electron chi connectivity index (χ0n) is 20.7. The van der Waals surface area contributed by atoms with Gasteiger partial charge in [0, 0.05) is 26.4 Å². The molecule has 184 valence electrons. The molecular formula is C27H38N4O3. The molecular weight excluding hydrogens is 428 g/mol. The maximum Gasteiger partial charge on any atom is 0.249 e. The molecule has 2 atom stereocenters. The molecule has 1 aliphatic heterocycles. The lowest BCUT2D eigenvalue weighted by atomic mass is 10.00. The number of likely N-dealkylation sites (N-methyl/N-ethyl adjacent to an activating group) is 1. The van der Waals surface area contributed by atoms with Crippen molar-refractivity contribution < 1.29 is 14.3 Å². The summed E-state index contributed by atoms with van der Waals surface area (Å²) in [6, 6.07) is 9.03. The molecule has 1 saturated carbocycles. The van der Waals surface area contributed by atoms with Crippen LogP contribution < -0.4 is 5.32 Å². The molecule has 1 N–H and O–H groups in total. The van der Waals surface area contributed by atoms with Crippen LogP contribution in [0.15, 0.2) is 59.0 Å². The van der Waals surface area contributed by atoms with Crippen LogP contribution in [-0.4, -0.2) is 54.2 Å². The smallest absolute Gasteiger partial charge is 0.249 e. The number of amides is 2. The Morgan fingerprint density at radius 1 is 1.21 bits per heavy atom. The first kappa shape index (κ1) is 25.5. The van der Waals surface area contributed by atoms with Crippen LogP contribution in [0, 0.1) is 5.92 Å². The second-order valence-corrected chi connectivity index (χ2v) is 9.31. The zero-order valence-corrected chi connectivity index (χ0v) is 20.7. The van der Waals surface area contributed by atoms with E-state index in [1.54, 1.807) is 29.3 Å².